The zero-order chi connectivity index (χ0) is 19.5. The van der Waals surface area contributed by atoms with Crippen LogP contribution in [0, 0.1) is 6.92 Å². The van der Waals surface area contributed by atoms with E-state index in [9.17, 15) is 0 Å². The van der Waals surface area contributed by atoms with Crippen molar-refractivity contribution in [2.75, 3.05) is 0 Å². The zero-order valence-electron chi connectivity index (χ0n) is 18.1. The van der Waals surface area contributed by atoms with Crippen molar-refractivity contribution in [3.8, 4) is 11.1 Å². The molecule has 31 heavy (non-hydrogen) atoms. The van der Waals surface area contributed by atoms with E-state index >= 15 is 0 Å². The number of halogens is 2. The van der Waals surface area contributed by atoms with E-state index in [1.165, 1.54) is 44.4 Å². The SMILES string of the molecule is CC1=NC2=CC=C3C2=C1[Si]3(C)C.Cc1cc2c(-c3ccccc3)cccc2[cH-]1.[Cl-].[Cl-].[Zr+3]. The molecule has 2 aliphatic heterocycles. The van der Waals surface area contributed by atoms with Crippen molar-refractivity contribution in [1.82, 2.24) is 0 Å². The van der Waals surface area contributed by atoms with Gasteiger partial charge in [-0.1, -0.05) is 68.1 Å². The smallest absolute Gasteiger partial charge is 1.00 e. The Morgan fingerprint density at radius 2 is 1.58 bits per heavy atom. The van der Waals surface area contributed by atoms with Gasteiger partial charge in [0.05, 0.1) is 5.70 Å². The van der Waals surface area contributed by atoms with Crippen LogP contribution in [0.5, 0.6) is 0 Å². The van der Waals surface area contributed by atoms with Crippen LogP contribution in [0.15, 0.2) is 99.5 Å². The van der Waals surface area contributed by atoms with Crippen molar-refractivity contribution >= 4 is 24.6 Å². The standard InChI is InChI=1S/C16H13.C10H11NSi.2ClH.Zr/c1-12-10-14-8-5-9-15(16(14)11-12)13-6-3-2-4-7-13;1-6-10-9-7(11-6)4-5-8(9)12(10,2)3;;;/h2-11H,1H3;4-5H,1-3H3;2*1H;/q-1;;;;+3/p-2. The fourth-order valence-corrected chi connectivity index (χ4v) is 8.16. The molecule has 0 aromatic heterocycles. The van der Waals surface area contributed by atoms with Crippen molar-refractivity contribution in [2.45, 2.75) is 26.9 Å². The molecule has 0 saturated heterocycles. The van der Waals surface area contributed by atoms with Crippen molar-refractivity contribution in [2.24, 2.45) is 4.99 Å². The van der Waals surface area contributed by atoms with E-state index in [1.807, 2.05) is 0 Å². The summed E-state index contributed by atoms with van der Waals surface area (Å²) in [5.41, 5.74) is 7.95. The third-order valence-corrected chi connectivity index (χ3v) is 9.74. The zero-order valence-corrected chi connectivity index (χ0v) is 23.1. The van der Waals surface area contributed by atoms with Gasteiger partial charge in [-0.05, 0) is 29.0 Å². The molecule has 1 nitrogen and oxygen atoms in total. The summed E-state index contributed by atoms with van der Waals surface area (Å²) in [5.74, 6) is 0. The summed E-state index contributed by atoms with van der Waals surface area (Å²) in [7, 11) is -1.17. The van der Waals surface area contributed by atoms with Gasteiger partial charge in [0, 0.05) is 11.3 Å². The molecule has 0 bridgehead atoms. The Bertz CT molecular complexity index is 1250. The molecule has 2 heterocycles. The first kappa shape index (κ1) is 25.9. The molecule has 0 unspecified atom stereocenters. The van der Waals surface area contributed by atoms with Gasteiger partial charge in [0.25, 0.3) is 0 Å². The summed E-state index contributed by atoms with van der Waals surface area (Å²) < 4.78 is 0. The minimum absolute atomic E-state index is 0. The third-order valence-electron chi connectivity index (χ3n) is 6.11. The predicted molar refractivity (Wildman–Crippen MR) is 123 cm³/mol. The molecule has 0 fully saturated rings. The number of hydrogen-bond acceptors (Lipinski definition) is 1. The number of fused-ring (bicyclic) bond motifs is 1. The van der Waals surface area contributed by atoms with Gasteiger partial charge < -0.3 is 24.8 Å². The summed E-state index contributed by atoms with van der Waals surface area (Å²) in [6.07, 6.45) is 4.44. The molecule has 0 spiro atoms. The monoisotopic (exact) mass is 538 g/mol. The third kappa shape index (κ3) is 4.18. The summed E-state index contributed by atoms with van der Waals surface area (Å²) in [4.78, 5) is 4.56. The van der Waals surface area contributed by atoms with Crippen LogP contribution in [0.2, 0.25) is 13.1 Å². The Kier molecular flexibility index (Phi) is 8.04. The van der Waals surface area contributed by atoms with E-state index in [0.29, 0.717) is 0 Å². The minimum Gasteiger partial charge on any atom is -1.00 e. The molecular formula is C26H24Cl2NSiZr. The number of nitrogens with zero attached hydrogens (tertiary/aromatic N) is 1. The van der Waals surface area contributed by atoms with Crippen LogP contribution in [0.3, 0.4) is 0 Å². The Balaban J connectivity index is 0.000000207. The summed E-state index contributed by atoms with van der Waals surface area (Å²) >= 11 is 0. The normalized spacial score (nSPS) is 16.3. The summed E-state index contributed by atoms with van der Waals surface area (Å²) in [6, 6.07) is 21.6. The maximum Gasteiger partial charge on any atom is 3.00 e. The summed E-state index contributed by atoms with van der Waals surface area (Å²) in [6.45, 7) is 9.12. The Morgan fingerprint density at radius 1 is 0.871 bits per heavy atom. The van der Waals surface area contributed by atoms with Crippen molar-refractivity contribution in [3.63, 3.8) is 0 Å². The number of aryl methyl sites for hydroxylation is 1. The van der Waals surface area contributed by atoms with Crippen LogP contribution in [0.4, 0.5) is 0 Å². The van der Waals surface area contributed by atoms with Crippen LogP contribution in [-0.2, 0) is 26.2 Å². The van der Waals surface area contributed by atoms with Gasteiger partial charge in [-0.2, -0.15) is 6.07 Å². The van der Waals surface area contributed by atoms with Crippen molar-refractivity contribution in [3.05, 3.63) is 100 Å². The van der Waals surface area contributed by atoms with Crippen LogP contribution >= 0.6 is 0 Å². The number of hydrogen-bond donors (Lipinski definition) is 0. The van der Waals surface area contributed by atoms with E-state index in [2.05, 4.69) is 105 Å². The maximum absolute atomic E-state index is 4.56. The van der Waals surface area contributed by atoms with Crippen LogP contribution < -0.4 is 24.8 Å². The van der Waals surface area contributed by atoms with E-state index in [4.69, 9.17) is 0 Å². The van der Waals surface area contributed by atoms with Crippen molar-refractivity contribution in [1.29, 1.82) is 0 Å². The van der Waals surface area contributed by atoms with Crippen LogP contribution in [0.1, 0.15) is 12.5 Å². The number of allylic oxidation sites excluding steroid dienone is 4. The van der Waals surface area contributed by atoms with Gasteiger partial charge in [0.1, 0.15) is 8.07 Å². The van der Waals surface area contributed by atoms with Gasteiger partial charge in [0.2, 0.25) is 0 Å². The first-order valence-corrected chi connectivity index (χ1v) is 12.9. The van der Waals surface area contributed by atoms with E-state index in [1.54, 1.807) is 10.4 Å². The first-order valence-electron chi connectivity index (χ1n) is 9.92. The molecule has 3 aromatic rings. The molecule has 3 aromatic carbocycles. The van der Waals surface area contributed by atoms with Gasteiger partial charge in [0.15, 0.2) is 0 Å². The quantitative estimate of drug-likeness (QED) is 0.322. The second-order valence-corrected chi connectivity index (χ2v) is 12.7. The Hall–Kier alpha value is -1.38. The van der Waals surface area contributed by atoms with Gasteiger partial charge in [-0.15, -0.1) is 34.5 Å². The average Bonchev–Trinajstić information content (AvgIpc) is 3.31. The van der Waals surface area contributed by atoms with E-state index < -0.39 is 8.07 Å². The fraction of sp³-hybridized carbons (Fsp3) is 0.154. The molecule has 1 aliphatic carbocycles. The molecule has 0 saturated carbocycles. The molecule has 0 N–H and O–H groups in total. The maximum atomic E-state index is 4.56. The number of rotatable bonds is 1. The molecule has 3 aliphatic rings. The van der Waals surface area contributed by atoms with E-state index in [-0.39, 0.29) is 51.0 Å². The summed E-state index contributed by atoms with van der Waals surface area (Å²) in [5, 5.41) is 5.91. The molecule has 5 heteroatoms. The number of benzene rings is 2. The fourth-order valence-electron chi connectivity index (χ4n) is 4.85. The number of aliphatic imine (C=N–C) groups is 1. The van der Waals surface area contributed by atoms with Crippen molar-refractivity contribution < 1.29 is 51.0 Å². The molecule has 1 radical (unpaired) electrons. The van der Waals surface area contributed by atoms with Crippen LogP contribution in [0.25, 0.3) is 21.9 Å². The molecule has 155 valence electrons. The topological polar surface area (TPSA) is 12.4 Å². The Morgan fingerprint density at radius 3 is 2.29 bits per heavy atom. The van der Waals surface area contributed by atoms with Gasteiger partial charge in [-0.25, -0.2) is 0 Å². The van der Waals surface area contributed by atoms with Crippen LogP contribution in [-0.4, -0.2) is 13.8 Å². The van der Waals surface area contributed by atoms with Gasteiger partial charge in [-0.3, -0.25) is 4.99 Å². The average molecular weight is 541 g/mol. The van der Waals surface area contributed by atoms with Gasteiger partial charge >= 0.3 is 26.2 Å². The molecule has 6 rings (SSSR count). The van der Waals surface area contributed by atoms with E-state index in [0.717, 1.165) is 0 Å². The predicted octanol–water partition coefficient (Wildman–Crippen LogP) is 0.921. The molecular weight excluding hydrogens is 517 g/mol. The minimum atomic E-state index is -1.17. The Labute approximate surface area is 217 Å². The first-order chi connectivity index (χ1) is 13.5. The molecule has 0 atom stereocenters. The molecule has 0 amide bonds. The second-order valence-electron chi connectivity index (χ2n) is 8.41. The second kappa shape index (κ2) is 9.63. The largest absolute Gasteiger partial charge is 3.00 e.